The van der Waals surface area contributed by atoms with Gasteiger partial charge in [0.15, 0.2) is 0 Å². The summed E-state index contributed by atoms with van der Waals surface area (Å²) in [6.45, 7) is 2.39. The molecule has 2 N–H and O–H groups in total. The van der Waals surface area contributed by atoms with Crippen LogP contribution in [0.25, 0.3) is 0 Å². The van der Waals surface area contributed by atoms with Crippen molar-refractivity contribution in [2.24, 2.45) is 5.92 Å². The Kier molecular flexibility index (Phi) is 5.26. The molecule has 0 radical (unpaired) electrons. The first-order valence-electron chi connectivity index (χ1n) is 6.57. The van der Waals surface area contributed by atoms with Crippen molar-refractivity contribution in [1.82, 2.24) is 10.0 Å². The number of halogens is 1. The van der Waals surface area contributed by atoms with E-state index < -0.39 is 10.0 Å². The zero-order valence-corrected chi connectivity index (χ0v) is 12.9. The maximum Gasteiger partial charge on any atom is 0.242 e. The molecule has 5 nitrogen and oxygen atoms in total. The van der Waals surface area contributed by atoms with E-state index in [1.165, 1.54) is 19.2 Å². The van der Waals surface area contributed by atoms with E-state index in [2.05, 4.69) is 10.0 Å². The van der Waals surface area contributed by atoms with Gasteiger partial charge in [0.25, 0.3) is 0 Å². The predicted octanol–water partition coefficient (Wildman–Crippen LogP) is 1.63. The first kappa shape index (κ1) is 15.6. The van der Waals surface area contributed by atoms with Crippen molar-refractivity contribution in [2.45, 2.75) is 17.7 Å². The van der Waals surface area contributed by atoms with Gasteiger partial charge >= 0.3 is 0 Å². The largest absolute Gasteiger partial charge is 0.497 e. The number of methoxy groups -OCH3 is 1. The average Bonchev–Trinajstić information content (AvgIpc) is 2.92. The van der Waals surface area contributed by atoms with Gasteiger partial charge in [0.05, 0.1) is 12.1 Å². The minimum Gasteiger partial charge on any atom is -0.497 e. The lowest BCUT2D eigenvalue weighted by atomic mass is 10.1. The number of hydrogen-bond acceptors (Lipinski definition) is 4. The number of hydrogen-bond donors (Lipinski definition) is 2. The minimum absolute atomic E-state index is 0.0584. The molecular formula is C13H19ClN2O3S. The fourth-order valence-corrected chi connectivity index (χ4v) is 3.81. The molecule has 1 aliphatic heterocycles. The summed E-state index contributed by atoms with van der Waals surface area (Å²) < 4.78 is 32.1. The third-order valence-corrected chi connectivity index (χ3v) is 5.38. The van der Waals surface area contributed by atoms with E-state index >= 15 is 0 Å². The fourth-order valence-electron chi connectivity index (χ4n) is 2.25. The number of rotatable bonds is 6. The molecule has 1 fully saturated rings. The molecule has 1 atom stereocenters. The van der Waals surface area contributed by atoms with Crippen molar-refractivity contribution in [3.05, 3.63) is 23.2 Å². The van der Waals surface area contributed by atoms with Crippen LogP contribution in [0.2, 0.25) is 5.02 Å². The van der Waals surface area contributed by atoms with Gasteiger partial charge in [-0.1, -0.05) is 11.6 Å². The summed E-state index contributed by atoms with van der Waals surface area (Å²) in [6, 6.07) is 4.59. The topological polar surface area (TPSA) is 67.4 Å². The molecule has 0 saturated carbocycles. The Labute approximate surface area is 124 Å². The van der Waals surface area contributed by atoms with Crippen LogP contribution in [-0.2, 0) is 10.0 Å². The Morgan fingerprint density at radius 2 is 2.30 bits per heavy atom. The predicted molar refractivity (Wildman–Crippen MR) is 78.8 cm³/mol. The van der Waals surface area contributed by atoms with Gasteiger partial charge in [0.1, 0.15) is 10.6 Å². The standard InChI is InChI=1S/C13H19ClN2O3S/c1-19-11-2-3-12(14)13(8-11)20(17,18)16-7-5-10-4-6-15-9-10/h2-3,8,10,15-16H,4-7,9H2,1H3. The lowest BCUT2D eigenvalue weighted by molar-refractivity contribution is 0.413. The first-order chi connectivity index (χ1) is 9.53. The SMILES string of the molecule is COc1ccc(Cl)c(S(=O)(=O)NCCC2CCNC2)c1. The average molecular weight is 319 g/mol. The Morgan fingerprint density at radius 1 is 1.50 bits per heavy atom. The molecule has 1 heterocycles. The molecule has 0 amide bonds. The van der Waals surface area contributed by atoms with Crippen molar-refractivity contribution >= 4 is 21.6 Å². The van der Waals surface area contributed by atoms with E-state index in [9.17, 15) is 8.42 Å². The van der Waals surface area contributed by atoms with Crippen molar-refractivity contribution in [2.75, 3.05) is 26.7 Å². The summed E-state index contributed by atoms with van der Waals surface area (Å²) in [4.78, 5) is 0.0584. The first-order valence-corrected chi connectivity index (χ1v) is 8.43. The van der Waals surface area contributed by atoms with Crippen molar-refractivity contribution in [3.8, 4) is 5.75 Å². The molecule has 1 saturated heterocycles. The molecule has 1 aromatic carbocycles. The Bertz CT molecular complexity index is 557. The van der Waals surface area contributed by atoms with Crippen LogP contribution in [0, 0.1) is 5.92 Å². The highest BCUT2D eigenvalue weighted by Gasteiger charge is 2.20. The van der Waals surface area contributed by atoms with Crippen LogP contribution in [0.5, 0.6) is 5.75 Å². The monoisotopic (exact) mass is 318 g/mol. The highest BCUT2D eigenvalue weighted by molar-refractivity contribution is 7.89. The van der Waals surface area contributed by atoms with E-state index in [0.717, 1.165) is 25.9 Å². The van der Waals surface area contributed by atoms with Crippen LogP contribution in [0.15, 0.2) is 23.1 Å². The summed E-state index contributed by atoms with van der Waals surface area (Å²) in [5.41, 5.74) is 0. The Morgan fingerprint density at radius 3 is 2.95 bits per heavy atom. The van der Waals surface area contributed by atoms with Crippen molar-refractivity contribution in [1.29, 1.82) is 0 Å². The Balaban J connectivity index is 2.01. The highest BCUT2D eigenvalue weighted by atomic mass is 35.5. The minimum atomic E-state index is -3.60. The van der Waals surface area contributed by atoms with Crippen molar-refractivity contribution < 1.29 is 13.2 Å². The molecule has 112 valence electrons. The summed E-state index contributed by atoms with van der Waals surface area (Å²) in [6.07, 6.45) is 1.93. The third-order valence-electron chi connectivity index (χ3n) is 3.43. The molecule has 20 heavy (non-hydrogen) atoms. The van der Waals surface area contributed by atoms with Gasteiger partial charge in [-0.25, -0.2) is 13.1 Å². The normalized spacial score (nSPS) is 19.2. The highest BCUT2D eigenvalue weighted by Crippen LogP contribution is 2.26. The molecule has 7 heteroatoms. The van der Waals surface area contributed by atoms with Crippen LogP contribution in [-0.4, -0.2) is 35.2 Å². The maximum atomic E-state index is 12.2. The van der Waals surface area contributed by atoms with Gasteiger partial charge in [-0.15, -0.1) is 0 Å². The second kappa shape index (κ2) is 6.76. The zero-order chi connectivity index (χ0) is 14.6. The summed E-state index contributed by atoms with van der Waals surface area (Å²) in [5, 5.41) is 3.46. The summed E-state index contributed by atoms with van der Waals surface area (Å²) in [7, 11) is -2.11. The second-order valence-electron chi connectivity index (χ2n) is 4.84. The molecule has 0 spiro atoms. The van der Waals surface area contributed by atoms with Gasteiger partial charge in [0.2, 0.25) is 10.0 Å². The lowest BCUT2D eigenvalue weighted by Gasteiger charge is -2.11. The van der Waals surface area contributed by atoms with Crippen LogP contribution in [0.4, 0.5) is 0 Å². The number of benzene rings is 1. The molecule has 0 aromatic heterocycles. The van der Waals surface area contributed by atoms with E-state index in [1.807, 2.05) is 0 Å². The molecular weight excluding hydrogens is 300 g/mol. The summed E-state index contributed by atoms with van der Waals surface area (Å²) in [5.74, 6) is 1.01. The molecule has 0 aliphatic carbocycles. The van der Waals surface area contributed by atoms with Crippen LogP contribution >= 0.6 is 11.6 Å². The second-order valence-corrected chi connectivity index (χ2v) is 6.98. The van der Waals surface area contributed by atoms with Gasteiger partial charge in [-0.2, -0.15) is 0 Å². The van der Waals surface area contributed by atoms with Gasteiger partial charge in [-0.05, 0) is 44.0 Å². The molecule has 1 aromatic rings. The molecule has 0 bridgehead atoms. The quantitative estimate of drug-likeness (QED) is 0.836. The van der Waals surface area contributed by atoms with E-state index in [1.54, 1.807) is 6.07 Å². The van der Waals surface area contributed by atoms with Crippen LogP contribution in [0.3, 0.4) is 0 Å². The fraction of sp³-hybridized carbons (Fsp3) is 0.538. The summed E-state index contributed by atoms with van der Waals surface area (Å²) >= 11 is 5.96. The maximum absolute atomic E-state index is 12.2. The number of ether oxygens (including phenoxy) is 1. The van der Waals surface area contributed by atoms with Crippen molar-refractivity contribution in [3.63, 3.8) is 0 Å². The number of nitrogens with one attached hydrogen (secondary N) is 2. The molecule has 1 aliphatic rings. The third kappa shape index (κ3) is 3.85. The van der Waals surface area contributed by atoms with E-state index in [0.29, 0.717) is 18.2 Å². The van der Waals surface area contributed by atoms with Gasteiger partial charge in [0, 0.05) is 12.6 Å². The molecule has 2 rings (SSSR count). The lowest BCUT2D eigenvalue weighted by Crippen LogP contribution is -2.27. The van der Waals surface area contributed by atoms with E-state index in [-0.39, 0.29) is 9.92 Å². The van der Waals surface area contributed by atoms with Gasteiger partial charge in [-0.3, -0.25) is 0 Å². The zero-order valence-electron chi connectivity index (χ0n) is 11.4. The van der Waals surface area contributed by atoms with Gasteiger partial charge < -0.3 is 10.1 Å². The molecule has 1 unspecified atom stereocenters. The smallest absolute Gasteiger partial charge is 0.242 e. The van der Waals surface area contributed by atoms with Crippen LogP contribution < -0.4 is 14.8 Å². The number of sulfonamides is 1. The van der Waals surface area contributed by atoms with Crippen LogP contribution in [0.1, 0.15) is 12.8 Å². The Hall–Kier alpha value is -0.820. The van der Waals surface area contributed by atoms with E-state index in [4.69, 9.17) is 16.3 Å².